The Labute approximate surface area is 117 Å². The molecule has 0 amide bonds. The number of sulfonamides is 1. The Balaban J connectivity index is 3.25. The van der Waals surface area contributed by atoms with Gasteiger partial charge in [0.1, 0.15) is 16.6 Å². The van der Waals surface area contributed by atoms with Crippen molar-refractivity contribution in [1.29, 1.82) is 0 Å². The average molecular weight is 335 g/mol. The highest BCUT2D eigenvalue weighted by molar-refractivity contribution is 7.89. The van der Waals surface area contributed by atoms with Gasteiger partial charge >= 0.3 is 12.1 Å². The average Bonchev–Trinajstić information content (AvgIpc) is 2.52. The van der Waals surface area contributed by atoms with Crippen LogP contribution in [0.4, 0.5) is 13.2 Å². The van der Waals surface area contributed by atoms with E-state index in [1.807, 2.05) is 0 Å². The summed E-state index contributed by atoms with van der Waals surface area (Å²) in [4.78, 5) is 10.1. The van der Waals surface area contributed by atoms with Gasteiger partial charge in [-0.3, -0.25) is 0 Å². The van der Waals surface area contributed by atoms with Crippen LogP contribution in [0.15, 0.2) is 11.1 Å². The molecular weight excluding hydrogens is 325 g/mol. The van der Waals surface area contributed by atoms with Crippen molar-refractivity contribution in [3.8, 4) is 0 Å². The Morgan fingerprint density at radius 2 is 2.00 bits per heavy atom. The van der Waals surface area contributed by atoms with Gasteiger partial charge in [0.25, 0.3) is 0 Å². The van der Waals surface area contributed by atoms with Crippen molar-refractivity contribution in [3.05, 3.63) is 16.9 Å². The third kappa shape index (κ3) is 3.25. The van der Waals surface area contributed by atoms with Gasteiger partial charge in [0, 0.05) is 13.2 Å². The normalized spacial score (nSPS) is 14.3. The molecule has 2 N–H and O–H groups in total. The van der Waals surface area contributed by atoms with Crippen LogP contribution in [0.1, 0.15) is 17.4 Å². The van der Waals surface area contributed by atoms with Gasteiger partial charge in [0.15, 0.2) is 0 Å². The number of nitrogens with one attached hydrogen (secondary N) is 1. The minimum Gasteiger partial charge on any atom is -0.477 e. The minimum atomic E-state index is -4.77. The van der Waals surface area contributed by atoms with Crippen LogP contribution in [0.2, 0.25) is 5.02 Å². The third-order valence-corrected chi connectivity index (χ3v) is 4.45. The van der Waals surface area contributed by atoms with E-state index in [0.29, 0.717) is 6.92 Å². The smallest absolute Gasteiger partial charge is 0.404 e. The number of rotatable bonds is 4. The summed E-state index contributed by atoms with van der Waals surface area (Å²) in [5, 5.41) is 8.19. The van der Waals surface area contributed by atoms with Crippen molar-refractivity contribution in [3.63, 3.8) is 0 Å². The predicted molar refractivity (Wildman–Crippen MR) is 63.2 cm³/mol. The Bertz CT molecular complexity index is 638. The van der Waals surface area contributed by atoms with E-state index < -0.39 is 43.8 Å². The fourth-order valence-corrected chi connectivity index (χ4v) is 3.29. The second-order valence-corrected chi connectivity index (χ2v) is 6.02. The standard InChI is InChI=1S/C9H10ClF3N2O4S/c1-4(9(11,12)13)14-20(18,19)5-3-15(2)7(6(5)10)8(16)17/h3-4,14H,1-2H3,(H,16,17). The molecule has 0 aliphatic rings. The Morgan fingerprint density at radius 1 is 1.50 bits per heavy atom. The van der Waals surface area contributed by atoms with Crippen LogP contribution in [0.3, 0.4) is 0 Å². The van der Waals surface area contributed by atoms with Gasteiger partial charge in [-0.1, -0.05) is 11.6 Å². The van der Waals surface area contributed by atoms with Gasteiger partial charge < -0.3 is 9.67 Å². The molecule has 0 bridgehead atoms. The number of nitrogens with zero attached hydrogens (tertiary/aromatic N) is 1. The summed E-state index contributed by atoms with van der Waals surface area (Å²) < 4.78 is 62.9. The summed E-state index contributed by atoms with van der Waals surface area (Å²) in [7, 11) is -3.38. The maximum Gasteiger partial charge on any atom is 0.404 e. The van der Waals surface area contributed by atoms with Crippen LogP contribution >= 0.6 is 11.6 Å². The quantitative estimate of drug-likeness (QED) is 0.875. The molecule has 0 saturated carbocycles. The van der Waals surface area contributed by atoms with Crippen LogP contribution in [-0.4, -0.2) is 36.3 Å². The zero-order valence-electron chi connectivity index (χ0n) is 10.2. The van der Waals surface area contributed by atoms with Crippen molar-refractivity contribution < 1.29 is 31.5 Å². The minimum absolute atomic E-state index is 0.535. The SMILES string of the molecule is CC(NS(=O)(=O)c1cn(C)c(C(=O)O)c1Cl)C(F)(F)F. The summed E-state index contributed by atoms with van der Waals surface area (Å²) in [6, 6.07) is -2.34. The second-order valence-electron chi connectivity index (χ2n) is 3.96. The monoisotopic (exact) mass is 334 g/mol. The number of halogens is 4. The van der Waals surface area contributed by atoms with Gasteiger partial charge in [-0.2, -0.15) is 17.9 Å². The Kier molecular flexibility index (Phi) is 4.42. The van der Waals surface area contributed by atoms with Crippen LogP contribution < -0.4 is 4.72 Å². The summed E-state index contributed by atoms with van der Waals surface area (Å²) in [6.45, 7) is 0.618. The van der Waals surface area contributed by atoms with E-state index >= 15 is 0 Å². The molecule has 114 valence electrons. The van der Waals surface area contributed by atoms with Crippen molar-refractivity contribution in [2.24, 2.45) is 7.05 Å². The highest BCUT2D eigenvalue weighted by Crippen LogP contribution is 2.28. The first kappa shape index (κ1) is 16.8. The molecule has 0 spiro atoms. The molecular formula is C9H10ClF3N2O4S. The molecule has 0 saturated heterocycles. The number of carbonyl (C=O) groups is 1. The first-order valence-electron chi connectivity index (χ1n) is 5.05. The third-order valence-electron chi connectivity index (χ3n) is 2.40. The summed E-state index contributed by atoms with van der Waals surface area (Å²) in [5.74, 6) is -1.50. The van der Waals surface area contributed by atoms with Gasteiger partial charge in [-0.25, -0.2) is 13.2 Å². The zero-order chi connectivity index (χ0) is 15.9. The lowest BCUT2D eigenvalue weighted by Gasteiger charge is -2.16. The number of aromatic carboxylic acids is 1. The predicted octanol–water partition coefficient (Wildman–Crippen LogP) is 1.61. The molecule has 1 unspecified atom stereocenters. The highest BCUT2D eigenvalue weighted by Gasteiger charge is 2.40. The van der Waals surface area contributed by atoms with Crippen molar-refractivity contribution in [2.45, 2.75) is 24.0 Å². The maximum atomic E-state index is 12.3. The molecule has 1 aromatic heterocycles. The van der Waals surface area contributed by atoms with Crippen LogP contribution in [-0.2, 0) is 17.1 Å². The summed E-state index contributed by atoms with van der Waals surface area (Å²) >= 11 is 5.60. The van der Waals surface area contributed by atoms with E-state index in [2.05, 4.69) is 0 Å². The molecule has 0 fully saturated rings. The van der Waals surface area contributed by atoms with Crippen molar-refractivity contribution in [1.82, 2.24) is 9.29 Å². The molecule has 1 aromatic rings. The molecule has 1 heterocycles. The number of carboxylic acids is 1. The van der Waals surface area contributed by atoms with E-state index in [0.717, 1.165) is 10.8 Å². The molecule has 0 radical (unpaired) electrons. The summed E-state index contributed by atoms with van der Waals surface area (Å²) in [5.41, 5.74) is -0.535. The van der Waals surface area contributed by atoms with Crippen LogP contribution in [0, 0.1) is 0 Å². The topological polar surface area (TPSA) is 88.4 Å². The van der Waals surface area contributed by atoms with E-state index in [1.54, 1.807) is 0 Å². The first-order valence-corrected chi connectivity index (χ1v) is 6.91. The lowest BCUT2D eigenvalue weighted by molar-refractivity contribution is -0.147. The van der Waals surface area contributed by atoms with E-state index in [1.165, 1.54) is 11.8 Å². The number of aryl methyl sites for hydroxylation is 1. The molecule has 6 nitrogen and oxygen atoms in total. The van der Waals surface area contributed by atoms with Crippen LogP contribution in [0.25, 0.3) is 0 Å². The molecule has 0 aliphatic heterocycles. The number of aromatic nitrogens is 1. The Hall–Kier alpha value is -1.26. The largest absolute Gasteiger partial charge is 0.477 e. The zero-order valence-corrected chi connectivity index (χ0v) is 11.8. The second kappa shape index (κ2) is 5.26. The summed E-state index contributed by atoms with van der Waals surface area (Å²) in [6.07, 6.45) is -3.94. The van der Waals surface area contributed by atoms with Gasteiger partial charge in [-0.05, 0) is 6.92 Å². The fourth-order valence-electron chi connectivity index (χ4n) is 1.36. The van der Waals surface area contributed by atoms with Crippen molar-refractivity contribution >= 4 is 27.6 Å². The molecule has 1 atom stereocenters. The van der Waals surface area contributed by atoms with Crippen LogP contribution in [0.5, 0.6) is 0 Å². The van der Waals surface area contributed by atoms with E-state index in [4.69, 9.17) is 16.7 Å². The molecule has 0 aliphatic carbocycles. The van der Waals surface area contributed by atoms with Crippen molar-refractivity contribution in [2.75, 3.05) is 0 Å². The number of hydrogen-bond acceptors (Lipinski definition) is 3. The highest BCUT2D eigenvalue weighted by atomic mass is 35.5. The first-order chi connectivity index (χ1) is 8.88. The lowest BCUT2D eigenvalue weighted by Crippen LogP contribution is -2.42. The van der Waals surface area contributed by atoms with Gasteiger partial charge in [-0.15, -0.1) is 0 Å². The van der Waals surface area contributed by atoms with E-state index in [9.17, 15) is 26.4 Å². The van der Waals surface area contributed by atoms with Gasteiger partial charge in [0.2, 0.25) is 10.0 Å². The molecule has 0 aromatic carbocycles. The van der Waals surface area contributed by atoms with E-state index in [-0.39, 0.29) is 0 Å². The number of carboxylic acid groups (broad SMARTS) is 1. The number of alkyl halides is 3. The fraction of sp³-hybridized carbons (Fsp3) is 0.444. The lowest BCUT2D eigenvalue weighted by atomic mass is 10.4. The molecule has 11 heteroatoms. The van der Waals surface area contributed by atoms with Gasteiger partial charge in [0.05, 0.1) is 5.02 Å². The Morgan fingerprint density at radius 3 is 2.35 bits per heavy atom. The molecule has 1 rings (SSSR count). The number of hydrogen-bond donors (Lipinski definition) is 2. The maximum absolute atomic E-state index is 12.3. The molecule has 20 heavy (non-hydrogen) atoms.